The molecule has 0 amide bonds. The smallest absolute Gasteiger partial charge is 0.0659 e. The number of hydrogen-bond acceptors (Lipinski definition) is 1. The Bertz CT molecular complexity index is 246. The van der Waals surface area contributed by atoms with Crippen LogP contribution in [-0.2, 0) is 4.74 Å². The molecular weight excluding hydrogens is 172 g/mol. The van der Waals surface area contributed by atoms with Crippen molar-refractivity contribution in [3.8, 4) is 0 Å². The molecule has 0 radical (unpaired) electrons. The molecule has 0 N–H and O–H groups in total. The number of rotatable bonds is 0. The van der Waals surface area contributed by atoms with Gasteiger partial charge in [0.25, 0.3) is 0 Å². The van der Waals surface area contributed by atoms with Crippen LogP contribution < -0.4 is 0 Å². The Kier molecular flexibility index (Phi) is 1.49. The predicted octanol–water partition coefficient (Wildman–Crippen LogP) is 2.99. The second-order valence-corrected chi connectivity index (χ2v) is 6.36. The fraction of sp³-hybridized carbons (Fsp3) is 1.00. The number of ether oxygens (including phenoxy) is 1. The van der Waals surface area contributed by atoms with E-state index in [4.69, 9.17) is 4.74 Å². The zero-order valence-electron chi connectivity index (χ0n) is 8.87. The van der Waals surface area contributed by atoms with Gasteiger partial charge in [0.1, 0.15) is 0 Å². The quantitative estimate of drug-likeness (QED) is 0.573. The third-order valence-electron chi connectivity index (χ3n) is 5.48. The number of hydrogen-bond donors (Lipinski definition) is 0. The van der Waals surface area contributed by atoms with E-state index in [0.29, 0.717) is 11.5 Å². The first-order valence-corrected chi connectivity index (χ1v) is 6.47. The van der Waals surface area contributed by atoms with Crippen molar-refractivity contribution >= 4 is 0 Å². The summed E-state index contributed by atoms with van der Waals surface area (Å²) in [6.07, 6.45) is 11.1. The molecule has 5 fully saturated rings. The maximum absolute atomic E-state index is 6.11. The van der Waals surface area contributed by atoms with Crippen LogP contribution in [0.5, 0.6) is 0 Å². The van der Waals surface area contributed by atoms with E-state index >= 15 is 0 Å². The lowest BCUT2D eigenvalue weighted by Crippen LogP contribution is -2.58. The minimum absolute atomic E-state index is 0.674. The van der Waals surface area contributed by atoms with Crippen LogP contribution in [-0.4, -0.2) is 12.7 Å². The summed E-state index contributed by atoms with van der Waals surface area (Å²) in [5.41, 5.74) is 0.674. The molecule has 1 nitrogen and oxygen atoms in total. The van der Waals surface area contributed by atoms with Gasteiger partial charge in [0.15, 0.2) is 0 Å². The van der Waals surface area contributed by atoms with Crippen LogP contribution in [0.15, 0.2) is 0 Å². The van der Waals surface area contributed by atoms with E-state index < -0.39 is 0 Å². The summed E-state index contributed by atoms with van der Waals surface area (Å²) in [6, 6.07) is 0. The van der Waals surface area contributed by atoms with Crippen LogP contribution in [0.3, 0.4) is 0 Å². The third-order valence-corrected chi connectivity index (χ3v) is 5.48. The van der Waals surface area contributed by atoms with E-state index in [2.05, 4.69) is 0 Å². The van der Waals surface area contributed by atoms with Gasteiger partial charge in [-0.05, 0) is 68.1 Å². The SMILES string of the molecule is C1CO[C@H]2C3C[C@@H]4C[C@H](C3)CC2(C1)C4. The highest BCUT2D eigenvalue weighted by molar-refractivity contribution is 5.08. The van der Waals surface area contributed by atoms with Crippen LogP contribution in [0.1, 0.15) is 44.9 Å². The highest BCUT2D eigenvalue weighted by Gasteiger charge is 2.58. The second-order valence-electron chi connectivity index (χ2n) is 6.36. The monoisotopic (exact) mass is 192 g/mol. The van der Waals surface area contributed by atoms with Crippen molar-refractivity contribution in [1.29, 1.82) is 0 Å². The van der Waals surface area contributed by atoms with Gasteiger partial charge < -0.3 is 4.74 Å². The lowest BCUT2D eigenvalue weighted by Gasteiger charge is -2.62. The van der Waals surface area contributed by atoms with E-state index in [1.54, 1.807) is 6.42 Å². The highest BCUT2D eigenvalue weighted by Crippen LogP contribution is 2.63. The Balaban J connectivity index is 1.75. The molecule has 0 aromatic carbocycles. The van der Waals surface area contributed by atoms with Crippen LogP contribution >= 0.6 is 0 Å². The molecule has 5 aliphatic rings. The summed E-state index contributed by atoms with van der Waals surface area (Å²) < 4.78 is 6.11. The van der Waals surface area contributed by atoms with Gasteiger partial charge in [-0.1, -0.05) is 0 Å². The first-order valence-electron chi connectivity index (χ1n) is 6.47. The molecule has 1 saturated heterocycles. The minimum Gasteiger partial charge on any atom is -0.377 e. The Morgan fingerprint density at radius 3 is 2.57 bits per heavy atom. The second kappa shape index (κ2) is 2.55. The average Bonchev–Trinajstić information content (AvgIpc) is 2.15. The van der Waals surface area contributed by atoms with E-state index in [-0.39, 0.29) is 0 Å². The van der Waals surface area contributed by atoms with Crippen molar-refractivity contribution in [2.75, 3.05) is 6.61 Å². The molecule has 4 bridgehead atoms. The van der Waals surface area contributed by atoms with Crippen molar-refractivity contribution < 1.29 is 4.74 Å². The van der Waals surface area contributed by atoms with E-state index in [0.717, 1.165) is 24.4 Å². The van der Waals surface area contributed by atoms with Gasteiger partial charge >= 0.3 is 0 Å². The molecular formula is C13H20O. The molecule has 0 aromatic heterocycles. The molecule has 1 heteroatoms. The van der Waals surface area contributed by atoms with Crippen molar-refractivity contribution in [3.05, 3.63) is 0 Å². The van der Waals surface area contributed by atoms with E-state index in [1.807, 2.05) is 0 Å². The Hall–Kier alpha value is -0.0400. The van der Waals surface area contributed by atoms with Gasteiger partial charge in [-0.3, -0.25) is 0 Å². The Morgan fingerprint density at radius 1 is 1.00 bits per heavy atom. The standard InChI is InChI=1S/C13H20O/c1-2-13-7-9-4-10(8-13)6-11(5-9)12(13)14-3-1/h9-12H,1-8H2/t9-,10+,11?,12-,13?/m0/s1. The van der Waals surface area contributed by atoms with E-state index in [9.17, 15) is 0 Å². The summed E-state index contributed by atoms with van der Waals surface area (Å²) in [4.78, 5) is 0. The lowest BCUT2D eigenvalue weighted by atomic mass is 9.47. The van der Waals surface area contributed by atoms with Gasteiger partial charge in [-0.2, -0.15) is 0 Å². The first kappa shape index (κ1) is 8.15. The predicted molar refractivity (Wildman–Crippen MR) is 55.0 cm³/mol. The molecule has 1 aliphatic heterocycles. The summed E-state index contributed by atoms with van der Waals surface area (Å²) in [7, 11) is 0. The van der Waals surface area contributed by atoms with Gasteiger partial charge in [-0.15, -0.1) is 0 Å². The van der Waals surface area contributed by atoms with Crippen LogP contribution in [0, 0.1) is 23.2 Å². The maximum atomic E-state index is 6.11. The molecule has 2 unspecified atom stereocenters. The largest absolute Gasteiger partial charge is 0.377 e. The van der Waals surface area contributed by atoms with Gasteiger partial charge in [0.05, 0.1) is 6.10 Å². The molecule has 5 rings (SSSR count). The zero-order chi connectivity index (χ0) is 9.17. The van der Waals surface area contributed by atoms with Crippen LogP contribution in [0.4, 0.5) is 0 Å². The summed E-state index contributed by atoms with van der Waals surface area (Å²) in [6.45, 7) is 1.05. The summed E-state index contributed by atoms with van der Waals surface area (Å²) in [5.74, 6) is 3.14. The van der Waals surface area contributed by atoms with Crippen molar-refractivity contribution in [2.45, 2.75) is 51.0 Å². The van der Waals surface area contributed by atoms with Crippen molar-refractivity contribution in [3.63, 3.8) is 0 Å². The Morgan fingerprint density at radius 2 is 1.79 bits per heavy atom. The van der Waals surface area contributed by atoms with Crippen molar-refractivity contribution in [2.24, 2.45) is 23.2 Å². The first-order chi connectivity index (χ1) is 6.86. The third kappa shape index (κ3) is 0.900. The molecule has 14 heavy (non-hydrogen) atoms. The molecule has 1 spiro atoms. The molecule has 4 aliphatic carbocycles. The van der Waals surface area contributed by atoms with Gasteiger partial charge in [0, 0.05) is 6.61 Å². The molecule has 4 saturated carbocycles. The van der Waals surface area contributed by atoms with Crippen molar-refractivity contribution in [1.82, 2.24) is 0 Å². The Labute approximate surface area is 86.2 Å². The normalized spacial score (nSPS) is 60.0. The molecule has 0 aromatic rings. The average molecular weight is 192 g/mol. The fourth-order valence-electron chi connectivity index (χ4n) is 5.46. The van der Waals surface area contributed by atoms with Crippen LogP contribution in [0.2, 0.25) is 0 Å². The summed E-state index contributed by atoms with van der Waals surface area (Å²) in [5, 5.41) is 0. The zero-order valence-corrected chi connectivity index (χ0v) is 8.87. The maximum Gasteiger partial charge on any atom is 0.0659 e. The van der Waals surface area contributed by atoms with Gasteiger partial charge in [-0.25, -0.2) is 0 Å². The molecule has 5 atom stereocenters. The molecule has 78 valence electrons. The fourth-order valence-corrected chi connectivity index (χ4v) is 5.46. The molecule has 1 heterocycles. The van der Waals surface area contributed by atoms with E-state index in [1.165, 1.54) is 38.5 Å². The summed E-state index contributed by atoms with van der Waals surface area (Å²) >= 11 is 0. The van der Waals surface area contributed by atoms with Gasteiger partial charge in [0.2, 0.25) is 0 Å². The lowest BCUT2D eigenvalue weighted by molar-refractivity contribution is -0.206. The minimum atomic E-state index is 0.674. The topological polar surface area (TPSA) is 9.23 Å². The highest BCUT2D eigenvalue weighted by atomic mass is 16.5. The van der Waals surface area contributed by atoms with Crippen LogP contribution in [0.25, 0.3) is 0 Å².